The van der Waals surface area contributed by atoms with Gasteiger partial charge in [-0.05, 0) is 61.4 Å². The van der Waals surface area contributed by atoms with Gasteiger partial charge in [-0.3, -0.25) is 20.4 Å². The number of aryl methyl sites for hydroxylation is 2. The molecule has 2 amide bonds. The van der Waals surface area contributed by atoms with Crippen molar-refractivity contribution in [3.63, 3.8) is 0 Å². The Morgan fingerprint density at radius 3 is 2.30 bits per heavy atom. The lowest BCUT2D eigenvalue weighted by atomic mass is 10.1. The quantitative estimate of drug-likeness (QED) is 0.523. The molecule has 0 fully saturated rings. The van der Waals surface area contributed by atoms with Crippen LogP contribution in [0.4, 0.5) is 0 Å². The van der Waals surface area contributed by atoms with Crippen LogP contribution in [0.25, 0.3) is 5.69 Å². The Kier molecular flexibility index (Phi) is 6.34. The minimum atomic E-state index is -3.85. The van der Waals surface area contributed by atoms with E-state index in [1.165, 1.54) is 12.1 Å². The molecule has 0 bridgehead atoms. The number of carbonyl (C=O) groups excluding carboxylic acids is 2. The average Bonchev–Trinajstić information content (AvgIpc) is 3.27. The Hall–Kier alpha value is -3.43. The molecular weight excluding hydrogens is 404 g/mol. The van der Waals surface area contributed by atoms with Crippen LogP contribution in [0.1, 0.15) is 21.5 Å². The lowest BCUT2D eigenvalue weighted by Gasteiger charge is -2.12. The molecule has 1 aromatic heterocycles. The largest absolute Gasteiger partial charge is 0.323 e. The van der Waals surface area contributed by atoms with Gasteiger partial charge in [-0.25, -0.2) is 13.1 Å². The van der Waals surface area contributed by atoms with Crippen LogP contribution in [-0.4, -0.2) is 31.3 Å². The van der Waals surface area contributed by atoms with Gasteiger partial charge in [0.05, 0.1) is 22.7 Å². The molecule has 2 aromatic carbocycles. The van der Waals surface area contributed by atoms with Gasteiger partial charge < -0.3 is 4.57 Å². The molecule has 0 spiro atoms. The van der Waals surface area contributed by atoms with Crippen molar-refractivity contribution >= 4 is 21.8 Å². The van der Waals surface area contributed by atoms with Crippen LogP contribution in [0.3, 0.4) is 0 Å². The lowest BCUT2D eigenvalue weighted by molar-refractivity contribution is -0.120. The molecule has 3 N–H and O–H groups in total. The first-order valence-corrected chi connectivity index (χ1v) is 10.6. The third kappa shape index (κ3) is 4.94. The number of hydrogen-bond donors (Lipinski definition) is 3. The second kappa shape index (κ2) is 8.93. The molecule has 156 valence electrons. The van der Waals surface area contributed by atoms with Gasteiger partial charge in [0.25, 0.3) is 11.8 Å². The smallest absolute Gasteiger partial charge is 0.271 e. The topological polar surface area (TPSA) is 109 Å². The number of amides is 2. The standard InChI is InChI=1S/C21H22N4O4S/c1-15-9-10-17(13-16(15)2)30(28,29)22-14-20(26)23-24-21(27)18-7-3-4-8-19(18)25-11-5-6-12-25/h3-13,22H,14H2,1-2H3,(H,23,26)(H,24,27). The average molecular weight is 426 g/mol. The second-order valence-corrected chi connectivity index (χ2v) is 8.45. The molecule has 3 aromatic rings. The van der Waals surface area contributed by atoms with Crippen LogP contribution in [0.2, 0.25) is 0 Å². The Bertz CT molecular complexity index is 1170. The number of nitrogens with one attached hydrogen (secondary N) is 3. The Balaban J connectivity index is 1.59. The maximum absolute atomic E-state index is 12.5. The van der Waals surface area contributed by atoms with Crippen molar-refractivity contribution in [1.82, 2.24) is 20.1 Å². The molecule has 3 rings (SSSR count). The van der Waals surface area contributed by atoms with Gasteiger partial charge >= 0.3 is 0 Å². The first kappa shape index (κ1) is 21.3. The summed E-state index contributed by atoms with van der Waals surface area (Å²) in [7, 11) is -3.85. The number of aromatic nitrogens is 1. The fraction of sp³-hybridized carbons (Fsp3) is 0.143. The van der Waals surface area contributed by atoms with E-state index in [0.29, 0.717) is 11.3 Å². The molecule has 1 heterocycles. The van der Waals surface area contributed by atoms with E-state index in [9.17, 15) is 18.0 Å². The summed E-state index contributed by atoms with van der Waals surface area (Å²) in [5.41, 5.74) is 7.32. The molecule has 9 heteroatoms. The lowest BCUT2D eigenvalue weighted by Crippen LogP contribution is -2.46. The molecular formula is C21H22N4O4S. The third-order valence-electron chi connectivity index (χ3n) is 4.56. The Labute approximate surface area is 174 Å². The van der Waals surface area contributed by atoms with Crippen LogP contribution < -0.4 is 15.6 Å². The number of hydrazine groups is 1. The number of rotatable bonds is 6. The molecule has 0 aliphatic rings. The van der Waals surface area contributed by atoms with Crippen molar-refractivity contribution in [2.24, 2.45) is 0 Å². The van der Waals surface area contributed by atoms with E-state index in [1.807, 2.05) is 26.0 Å². The van der Waals surface area contributed by atoms with Gasteiger partial charge in [-0.2, -0.15) is 0 Å². The second-order valence-electron chi connectivity index (χ2n) is 6.68. The number of sulfonamides is 1. The van der Waals surface area contributed by atoms with Gasteiger partial charge in [0, 0.05) is 12.4 Å². The maximum Gasteiger partial charge on any atom is 0.271 e. The Morgan fingerprint density at radius 1 is 0.900 bits per heavy atom. The number of hydrogen-bond acceptors (Lipinski definition) is 4. The summed E-state index contributed by atoms with van der Waals surface area (Å²) < 4.78 is 28.7. The summed E-state index contributed by atoms with van der Waals surface area (Å²) >= 11 is 0. The number of nitrogens with zero attached hydrogens (tertiary/aromatic N) is 1. The molecule has 0 unspecified atom stereocenters. The van der Waals surface area contributed by atoms with Crippen molar-refractivity contribution in [1.29, 1.82) is 0 Å². The SMILES string of the molecule is Cc1ccc(S(=O)(=O)NCC(=O)NNC(=O)c2ccccc2-n2cccc2)cc1C. The van der Waals surface area contributed by atoms with Crippen LogP contribution in [0.15, 0.2) is 71.9 Å². The fourth-order valence-corrected chi connectivity index (χ4v) is 3.82. The summed E-state index contributed by atoms with van der Waals surface area (Å²) in [6, 6.07) is 15.3. The summed E-state index contributed by atoms with van der Waals surface area (Å²) in [4.78, 5) is 24.6. The van der Waals surface area contributed by atoms with Crippen LogP contribution in [0.5, 0.6) is 0 Å². The molecule has 8 nitrogen and oxygen atoms in total. The van der Waals surface area contributed by atoms with Gasteiger partial charge in [-0.1, -0.05) is 18.2 Å². The van der Waals surface area contributed by atoms with Crippen molar-refractivity contribution in [3.8, 4) is 5.69 Å². The van der Waals surface area contributed by atoms with E-state index in [2.05, 4.69) is 15.6 Å². The summed E-state index contributed by atoms with van der Waals surface area (Å²) in [6.45, 7) is 3.17. The van der Waals surface area contributed by atoms with Crippen molar-refractivity contribution in [2.75, 3.05) is 6.54 Å². The predicted octanol–water partition coefficient (Wildman–Crippen LogP) is 1.83. The van der Waals surface area contributed by atoms with Gasteiger partial charge in [-0.15, -0.1) is 0 Å². The first-order chi connectivity index (χ1) is 14.3. The highest BCUT2D eigenvalue weighted by molar-refractivity contribution is 7.89. The predicted molar refractivity (Wildman–Crippen MR) is 112 cm³/mol. The van der Waals surface area contributed by atoms with E-state index >= 15 is 0 Å². The molecule has 0 aliphatic heterocycles. The van der Waals surface area contributed by atoms with Gasteiger partial charge in [0.15, 0.2) is 0 Å². The van der Waals surface area contributed by atoms with E-state index in [1.54, 1.807) is 47.3 Å². The van der Waals surface area contributed by atoms with Crippen molar-refractivity contribution in [2.45, 2.75) is 18.7 Å². The van der Waals surface area contributed by atoms with Crippen LogP contribution >= 0.6 is 0 Å². The van der Waals surface area contributed by atoms with Crippen LogP contribution in [-0.2, 0) is 14.8 Å². The zero-order chi connectivity index (χ0) is 21.7. The fourth-order valence-electron chi connectivity index (χ4n) is 2.75. The van der Waals surface area contributed by atoms with E-state index in [4.69, 9.17) is 0 Å². The summed E-state index contributed by atoms with van der Waals surface area (Å²) in [5.74, 6) is -1.22. The highest BCUT2D eigenvalue weighted by Gasteiger charge is 2.17. The van der Waals surface area contributed by atoms with E-state index in [0.717, 1.165) is 11.1 Å². The first-order valence-electron chi connectivity index (χ1n) is 9.16. The number of carbonyl (C=O) groups is 2. The summed E-state index contributed by atoms with van der Waals surface area (Å²) in [6.07, 6.45) is 3.60. The van der Waals surface area contributed by atoms with Crippen LogP contribution in [0, 0.1) is 13.8 Å². The molecule has 30 heavy (non-hydrogen) atoms. The zero-order valence-corrected chi connectivity index (χ0v) is 17.4. The van der Waals surface area contributed by atoms with Gasteiger partial charge in [0.1, 0.15) is 0 Å². The number of benzene rings is 2. The number of para-hydroxylation sites is 1. The Morgan fingerprint density at radius 2 is 1.60 bits per heavy atom. The molecule has 0 radical (unpaired) electrons. The molecule has 0 saturated heterocycles. The minimum Gasteiger partial charge on any atom is -0.323 e. The molecule has 0 atom stereocenters. The third-order valence-corrected chi connectivity index (χ3v) is 5.96. The van der Waals surface area contributed by atoms with Gasteiger partial charge in [0.2, 0.25) is 10.0 Å². The highest BCUT2D eigenvalue weighted by atomic mass is 32.2. The van der Waals surface area contributed by atoms with E-state index in [-0.39, 0.29) is 4.90 Å². The van der Waals surface area contributed by atoms with Crippen molar-refractivity contribution in [3.05, 3.63) is 83.7 Å². The van der Waals surface area contributed by atoms with Crippen molar-refractivity contribution < 1.29 is 18.0 Å². The zero-order valence-electron chi connectivity index (χ0n) is 16.5. The normalized spacial score (nSPS) is 11.1. The van der Waals surface area contributed by atoms with E-state index < -0.39 is 28.4 Å². The highest BCUT2D eigenvalue weighted by Crippen LogP contribution is 2.15. The molecule has 0 aliphatic carbocycles. The minimum absolute atomic E-state index is 0.0723. The maximum atomic E-state index is 12.5. The molecule has 0 saturated carbocycles. The summed E-state index contributed by atoms with van der Waals surface area (Å²) in [5, 5.41) is 0. The monoisotopic (exact) mass is 426 g/mol.